The van der Waals surface area contributed by atoms with Crippen LogP contribution in [0.1, 0.15) is 23.2 Å². The van der Waals surface area contributed by atoms with Crippen LogP contribution in [0.25, 0.3) is 11.4 Å². The van der Waals surface area contributed by atoms with E-state index in [1.807, 2.05) is 31.2 Å². The molecule has 1 aromatic carbocycles. The number of halogens is 1. The van der Waals surface area contributed by atoms with Crippen molar-refractivity contribution in [3.63, 3.8) is 0 Å². The van der Waals surface area contributed by atoms with Crippen molar-refractivity contribution in [2.24, 2.45) is 0 Å². The third-order valence-electron chi connectivity index (χ3n) is 4.05. The van der Waals surface area contributed by atoms with E-state index in [2.05, 4.69) is 9.97 Å². The first-order valence-electron chi connectivity index (χ1n) is 7.61. The van der Waals surface area contributed by atoms with E-state index in [-0.39, 0.29) is 11.5 Å². The minimum Gasteiger partial charge on any atom is -0.338 e. The number of benzene rings is 1. The molecule has 23 heavy (non-hydrogen) atoms. The first kappa shape index (κ1) is 15.7. The predicted molar refractivity (Wildman–Crippen MR) is 89.5 cm³/mol. The lowest BCUT2D eigenvalue weighted by Gasteiger charge is -2.27. The number of nitrogens with one attached hydrogen (secondary N) is 1. The smallest absolute Gasteiger partial charge is 0.256 e. The van der Waals surface area contributed by atoms with Crippen LogP contribution in [0.3, 0.4) is 0 Å². The summed E-state index contributed by atoms with van der Waals surface area (Å²) in [5.41, 5.74) is 3.22. The summed E-state index contributed by atoms with van der Waals surface area (Å²) in [5, 5.41) is 0. The maximum Gasteiger partial charge on any atom is 0.256 e. The fourth-order valence-electron chi connectivity index (χ4n) is 2.73. The van der Waals surface area contributed by atoms with Gasteiger partial charge in [0.05, 0.1) is 17.8 Å². The molecule has 0 spiro atoms. The van der Waals surface area contributed by atoms with E-state index in [0.717, 1.165) is 16.8 Å². The van der Waals surface area contributed by atoms with Gasteiger partial charge < -0.3 is 9.88 Å². The molecular formula is C17H18ClN3O2. The van der Waals surface area contributed by atoms with Gasteiger partial charge in [-0.3, -0.25) is 9.59 Å². The van der Waals surface area contributed by atoms with Crippen molar-refractivity contribution in [2.45, 2.75) is 26.3 Å². The Balaban J connectivity index is 1.91. The van der Waals surface area contributed by atoms with Crippen LogP contribution in [-0.2, 0) is 17.8 Å². The maximum absolute atomic E-state index is 12.4. The van der Waals surface area contributed by atoms with E-state index in [4.69, 9.17) is 11.6 Å². The zero-order valence-corrected chi connectivity index (χ0v) is 13.7. The van der Waals surface area contributed by atoms with Crippen LogP contribution in [0.15, 0.2) is 29.1 Å². The van der Waals surface area contributed by atoms with Crippen molar-refractivity contribution in [2.75, 3.05) is 12.4 Å². The fourth-order valence-corrected chi connectivity index (χ4v) is 2.89. The van der Waals surface area contributed by atoms with E-state index in [9.17, 15) is 9.59 Å². The van der Waals surface area contributed by atoms with E-state index >= 15 is 0 Å². The minimum atomic E-state index is -0.172. The van der Waals surface area contributed by atoms with Crippen LogP contribution < -0.4 is 5.56 Å². The molecule has 1 aliphatic heterocycles. The summed E-state index contributed by atoms with van der Waals surface area (Å²) in [6, 6.07) is 7.86. The van der Waals surface area contributed by atoms with Crippen molar-refractivity contribution < 1.29 is 4.79 Å². The molecule has 0 aliphatic carbocycles. The van der Waals surface area contributed by atoms with Gasteiger partial charge in [0.25, 0.3) is 5.56 Å². The summed E-state index contributed by atoms with van der Waals surface area (Å²) in [6.45, 7) is 2.90. The highest BCUT2D eigenvalue weighted by Gasteiger charge is 2.24. The van der Waals surface area contributed by atoms with Crippen molar-refractivity contribution >= 4 is 17.5 Å². The van der Waals surface area contributed by atoms with Crippen molar-refractivity contribution in [3.8, 4) is 11.4 Å². The first-order valence-corrected chi connectivity index (χ1v) is 8.15. The highest BCUT2D eigenvalue weighted by atomic mass is 35.5. The summed E-state index contributed by atoms with van der Waals surface area (Å²) >= 11 is 5.62. The highest BCUT2D eigenvalue weighted by molar-refractivity contribution is 6.18. The molecule has 1 N–H and O–H groups in total. The van der Waals surface area contributed by atoms with Crippen LogP contribution in [0.2, 0.25) is 0 Å². The Labute approximate surface area is 139 Å². The number of rotatable bonds is 3. The largest absolute Gasteiger partial charge is 0.338 e. The zero-order valence-electron chi connectivity index (χ0n) is 12.9. The Morgan fingerprint density at radius 1 is 1.35 bits per heavy atom. The topological polar surface area (TPSA) is 66.1 Å². The fraction of sp³-hybridized carbons (Fsp3) is 0.353. The molecular weight excluding hydrogens is 314 g/mol. The number of hydrogen-bond acceptors (Lipinski definition) is 3. The Kier molecular flexibility index (Phi) is 4.48. The molecule has 0 unspecified atom stereocenters. The number of alkyl halides is 1. The quantitative estimate of drug-likeness (QED) is 0.877. The molecule has 0 saturated heterocycles. The molecule has 5 nitrogen and oxygen atoms in total. The number of hydrogen-bond donors (Lipinski definition) is 1. The summed E-state index contributed by atoms with van der Waals surface area (Å²) < 4.78 is 0. The number of H-pyrrole nitrogens is 1. The van der Waals surface area contributed by atoms with Gasteiger partial charge in [-0.2, -0.15) is 0 Å². The molecule has 3 rings (SSSR count). The number of amides is 1. The van der Waals surface area contributed by atoms with Crippen LogP contribution in [-0.4, -0.2) is 33.2 Å². The van der Waals surface area contributed by atoms with Crippen LogP contribution >= 0.6 is 11.6 Å². The van der Waals surface area contributed by atoms with Gasteiger partial charge in [0.2, 0.25) is 5.91 Å². The van der Waals surface area contributed by atoms with Gasteiger partial charge in [0.15, 0.2) is 0 Å². The van der Waals surface area contributed by atoms with E-state index in [1.54, 1.807) is 4.90 Å². The molecule has 120 valence electrons. The molecule has 1 aliphatic rings. The first-order chi connectivity index (χ1) is 11.1. The lowest BCUT2D eigenvalue weighted by Crippen LogP contribution is -2.39. The molecule has 0 bridgehead atoms. The number of aromatic nitrogens is 2. The number of nitrogens with zero attached hydrogens (tertiary/aromatic N) is 2. The van der Waals surface area contributed by atoms with E-state index in [0.29, 0.717) is 43.2 Å². The SMILES string of the molecule is Cc1ccc(-c2nc3c(c(=O)[nH]2)CN(C(=O)CCCl)CC3)cc1. The summed E-state index contributed by atoms with van der Waals surface area (Å²) in [4.78, 5) is 33.4. The lowest BCUT2D eigenvalue weighted by molar-refractivity contribution is -0.131. The highest BCUT2D eigenvalue weighted by Crippen LogP contribution is 2.19. The average Bonchev–Trinajstić information content (AvgIpc) is 2.55. The van der Waals surface area contributed by atoms with Gasteiger partial charge >= 0.3 is 0 Å². The molecule has 0 fully saturated rings. The van der Waals surface area contributed by atoms with Gasteiger partial charge in [0, 0.05) is 30.8 Å². The number of aromatic amines is 1. The van der Waals surface area contributed by atoms with E-state index in [1.165, 1.54) is 0 Å². The molecule has 2 aromatic rings. The van der Waals surface area contributed by atoms with Gasteiger partial charge in [-0.25, -0.2) is 4.98 Å². The second kappa shape index (κ2) is 6.54. The van der Waals surface area contributed by atoms with Crippen molar-refractivity contribution in [1.82, 2.24) is 14.9 Å². The minimum absolute atomic E-state index is 0.0207. The summed E-state index contributed by atoms with van der Waals surface area (Å²) in [5.74, 6) is 0.852. The molecule has 1 amide bonds. The van der Waals surface area contributed by atoms with Gasteiger partial charge in [-0.05, 0) is 6.92 Å². The normalized spacial score (nSPS) is 13.7. The average molecular weight is 332 g/mol. The second-order valence-corrected chi connectivity index (χ2v) is 6.09. The van der Waals surface area contributed by atoms with Crippen LogP contribution in [0.5, 0.6) is 0 Å². The standard InChI is InChI=1S/C17H18ClN3O2/c1-11-2-4-12(5-3-11)16-19-14-7-9-21(15(22)6-8-18)10-13(14)17(23)20-16/h2-5H,6-10H2,1H3,(H,19,20,23). The molecule has 0 atom stereocenters. The maximum atomic E-state index is 12.4. The monoisotopic (exact) mass is 331 g/mol. The number of fused-ring (bicyclic) bond motifs is 1. The zero-order chi connectivity index (χ0) is 16.4. The number of aryl methyl sites for hydroxylation is 1. The Morgan fingerprint density at radius 3 is 2.78 bits per heavy atom. The van der Waals surface area contributed by atoms with Gasteiger partial charge in [-0.1, -0.05) is 29.8 Å². The third-order valence-corrected chi connectivity index (χ3v) is 4.24. The van der Waals surface area contributed by atoms with Crippen LogP contribution in [0.4, 0.5) is 0 Å². The Hall–Kier alpha value is -2.14. The van der Waals surface area contributed by atoms with E-state index < -0.39 is 0 Å². The van der Waals surface area contributed by atoms with Crippen molar-refractivity contribution in [3.05, 3.63) is 51.4 Å². The molecule has 0 radical (unpaired) electrons. The molecule has 0 saturated carbocycles. The molecule has 1 aromatic heterocycles. The third kappa shape index (κ3) is 3.29. The second-order valence-electron chi connectivity index (χ2n) is 5.71. The Bertz CT molecular complexity index is 783. The lowest BCUT2D eigenvalue weighted by atomic mass is 10.1. The van der Waals surface area contributed by atoms with Crippen molar-refractivity contribution in [1.29, 1.82) is 0 Å². The molecule has 2 heterocycles. The van der Waals surface area contributed by atoms with Gasteiger partial charge in [0.1, 0.15) is 5.82 Å². The number of carbonyl (C=O) groups is 1. The summed E-state index contributed by atoms with van der Waals surface area (Å²) in [6.07, 6.45) is 0.885. The number of carbonyl (C=O) groups excluding carboxylic acids is 1. The van der Waals surface area contributed by atoms with Gasteiger partial charge in [-0.15, -0.1) is 11.6 Å². The Morgan fingerprint density at radius 2 is 2.09 bits per heavy atom. The predicted octanol–water partition coefficient (Wildman–Crippen LogP) is 2.26. The van der Waals surface area contributed by atoms with Crippen LogP contribution in [0, 0.1) is 6.92 Å². The summed E-state index contributed by atoms with van der Waals surface area (Å²) in [7, 11) is 0. The molecule has 6 heteroatoms.